The minimum Gasteiger partial charge on any atom is -0.378 e. The second-order valence-corrected chi connectivity index (χ2v) is 5.96. The molecule has 0 spiro atoms. The molecule has 1 amide bonds. The first kappa shape index (κ1) is 15.8. The molecule has 7 nitrogen and oxygen atoms in total. The Morgan fingerprint density at radius 1 is 1.52 bits per heavy atom. The Morgan fingerprint density at radius 3 is 3.00 bits per heavy atom. The molecule has 1 saturated heterocycles. The summed E-state index contributed by atoms with van der Waals surface area (Å²) in [5, 5.41) is 9.95. The highest BCUT2D eigenvalue weighted by Gasteiger charge is 2.28. The summed E-state index contributed by atoms with van der Waals surface area (Å²) in [6.45, 7) is 6.11. The number of hydrogen-bond acceptors (Lipinski definition) is 4. The summed E-state index contributed by atoms with van der Waals surface area (Å²) < 4.78 is 7.69. The molecule has 0 radical (unpaired) electrons. The molecule has 1 fully saturated rings. The predicted molar refractivity (Wildman–Crippen MR) is 87.2 cm³/mol. The third kappa shape index (κ3) is 3.30. The standard InChI is InChI=1S/C16H23N5O2/c1-11-16(12(2)19-18-11)17-15(22)9-21-7-8-23-10-14(21)13-5-4-6-20(13)3/h4-6,14H,7-10H2,1-3H3,(H,17,22)(H,18,19). The third-order valence-electron chi connectivity index (χ3n) is 4.30. The van der Waals surface area contributed by atoms with Crippen molar-refractivity contribution in [2.75, 3.05) is 31.6 Å². The number of anilines is 1. The monoisotopic (exact) mass is 317 g/mol. The van der Waals surface area contributed by atoms with Gasteiger partial charge in [-0.15, -0.1) is 0 Å². The van der Waals surface area contributed by atoms with Gasteiger partial charge < -0.3 is 14.6 Å². The molecule has 23 heavy (non-hydrogen) atoms. The molecular formula is C16H23N5O2. The van der Waals surface area contributed by atoms with E-state index in [2.05, 4.69) is 31.0 Å². The number of H-pyrrole nitrogens is 1. The highest BCUT2D eigenvalue weighted by atomic mass is 16.5. The van der Waals surface area contributed by atoms with Crippen LogP contribution in [0.5, 0.6) is 0 Å². The van der Waals surface area contributed by atoms with Crippen LogP contribution in [0.1, 0.15) is 23.1 Å². The Kier molecular flexibility index (Phi) is 4.49. The van der Waals surface area contributed by atoms with E-state index in [0.717, 1.165) is 29.3 Å². The van der Waals surface area contributed by atoms with Gasteiger partial charge in [-0.05, 0) is 26.0 Å². The minimum atomic E-state index is -0.0290. The maximum atomic E-state index is 12.4. The smallest absolute Gasteiger partial charge is 0.238 e. The first-order chi connectivity index (χ1) is 11.1. The van der Waals surface area contributed by atoms with Gasteiger partial charge in [0.05, 0.1) is 42.9 Å². The van der Waals surface area contributed by atoms with Crippen LogP contribution in [0.4, 0.5) is 5.69 Å². The Balaban J connectivity index is 1.70. The Labute approximate surface area is 135 Å². The second-order valence-electron chi connectivity index (χ2n) is 5.96. The van der Waals surface area contributed by atoms with E-state index in [9.17, 15) is 4.79 Å². The zero-order chi connectivity index (χ0) is 16.4. The van der Waals surface area contributed by atoms with E-state index < -0.39 is 0 Å². The topological polar surface area (TPSA) is 75.2 Å². The van der Waals surface area contributed by atoms with Crippen molar-refractivity contribution in [2.24, 2.45) is 7.05 Å². The molecule has 0 bridgehead atoms. The van der Waals surface area contributed by atoms with Crippen LogP contribution >= 0.6 is 0 Å². The van der Waals surface area contributed by atoms with Gasteiger partial charge in [-0.25, -0.2) is 0 Å². The van der Waals surface area contributed by atoms with Crippen LogP contribution in [0.2, 0.25) is 0 Å². The number of carbonyl (C=O) groups excluding carboxylic acids is 1. The van der Waals surface area contributed by atoms with Crippen molar-refractivity contribution in [2.45, 2.75) is 19.9 Å². The summed E-state index contributed by atoms with van der Waals surface area (Å²) in [4.78, 5) is 14.6. The van der Waals surface area contributed by atoms with Gasteiger partial charge in [0.1, 0.15) is 0 Å². The van der Waals surface area contributed by atoms with E-state index in [1.165, 1.54) is 0 Å². The number of nitrogens with one attached hydrogen (secondary N) is 2. The number of morpholine rings is 1. The molecule has 3 heterocycles. The number of aromatic nitrogens is 3. The van der Waals surface area contributed by atoms with Gasteiger partial charge in [0.15, 0.2) is 0 Å². The second kappa shape index (κ2) is 6.55. The van der Waals surface area contributed by atoms with Crippen molar-refractivity contribution in [1.29, 1.82) is 0 Å². The highest BCUT2D eigenvalue weighted by molar-refractivity contribution is 5.93. The molecule has 7 heteroatoms. The van der Waals surface area contributed by atoms with Crippen LogP contribution in [0.25, 0.3) is 0 Å². The Morgan fingerprint density at radius 2 is 2.35 bits per heavy atom. The van der Waals surface area contributed by atoms with Gasteiger partial charge in [0.2, 0.25) is 5.91 Å². The summed E-state index contributed by atoms with van der Waals surface area (Å²) in [5.41, 5.74) is 3.61. The van der Waals surface area contributed by atoms with Gasteiger partial charge in [0, 0.05) is 25.5 Å². The van der Waals surface area contributed by atoms with Crippen LogP contribution in [0.3, 0.4) is 0 Å². The quantitative estimate of drug-likeness (QED) is 0.893. The van der Waals surface area contributed by atoms with Crippen LogP contribution < -0.4 is 5.32 Å². The Bertz CT molecular complexity index is 671. The van der Waals surface area contributed by atoms with Gasteiger partial charge in [-0.3, -0.25) is 14.8 Å². The highest BCUT2D eigenvalue weighted by Crippen LogP contribution is 2.24. The van der Waals surface area contributed by atoms with Crippen molar-refractivity contribution >= 4 is 11.6 Å². The number of amides is 1. The zero-order valence-electron chi connectivity index (χ0n) is 13.8. The molecule has 1 unspecified atom stereocenters. The van der Waals surface area contributed by atoms with Gasteiger partial charge in [-0.2, -0.15) is 5.10 Å². The van der Waals surface area contributed by atoms with E-state index in [0.29, 0.717) is 19.8 Å². The lowest BCUT2D eigenvalue weighted by molar-refractivity contribution is -0.119. The normalized spacial score (nSPS) is 19.0. The van der Waals surface area contributed by atoms with Gasteiger partial charge >= 0.3 is 0 Å². The van der Waals surface area contributed by atoms with Crippen LogP contribution in [-0.2, 0) is 16.6 Å². The summed E-state index contributed by atoms with van der Waals surface area (Å²) >= 11 is 0. The maximum absolute atomic E-state index is 12.4. The summed E-state index contributed by atoms with van der Waals surface area (Å²) in [7, 11) is 2.01. The first-order valence-electron chi connectivity index (χ1n) is 7.80. The number of nitrogens with zero attached hydrogens (tertiary/aromatic N) is 3. The molecule has 0 aromatic carbocycles. The van der Waals surface area contributed by atoms with Crippen molar-refractivity contribution in [3.63, 3.8) is 0 Å². The number of carbonyl (C=O) groups is 1. The molecule has 2 N–H and O–H groups in total. The molecule has 1 aliphatic heterocycles. The maximum Gasteiger partial charge on any atom is 0.238 e. The van der Waals surface area contributed by atoms with Crippen LogP contribution in [0, 0.1) is 13.8 Å². The molecular weight excluding hydrogens is 294 g/mol. The SMILES string of the molecule is Cc1n[nH]c(C)c1NC(=O)CN1CCOCC1c1cccn1C. The van der Waals surface area contributed by atoms with Gasteiger partial charge in [-0.1, -0.05) is 0 Å². The largest absolute Gasteiger partial charge is 0.378 e. The molecule has 124 valence electrons. The Hall–Kier alpha value is -2.12. The van der Waals surface area contributed by atoms with Crippen molar-refractivity contribution in [3.05, 3.63) is 35.4 Å². The van der Waals surface area contributed by atoms with E-state index in [4.69, 9.17) is 4.74 Å². The summed E-state index contributed by atoms with van der Waals surface area (Å²) in [6, 6.07) is 4.19. The van der Waals surface area contributed by atoms with Crippen molar-refractivity contribution in [1.82, 2.24) is 19.7 Å². The number of aryl methyl sites for hydroxylation is 3. The van der Waals surface area contributed by atoms with E-state index in [-0.39, 0.29) is 11.9 Å². The van der Waals surface area contributed by atoms with Gasteiger partial charge in [0.25, 0.3) is 0 Å². The molecule has 1 aliphatic rings. The summed E-state index contributed by atoms with van der Waals surface area (Å²) in [5.74, 6) is -0.0290. The minimum absolute atomic E-state index is 0.0290. The molecule has 0 saturated carbocycles. The van der Waals surface area contributed by atoms with Crippen molar-refractivity contribution in [3.8, 4) is 0 Å². The first-order valence-corrected chi connectivity index (χ1v) is 7.80. The average molecular weight is 317 g/mol. The van der Waals surface area contributed by atoms with Crippen LogP contribution in [0.15, 0.2) is 18.3 Å². The van der Waals surface area contributed by atoms with E-state index >= 15 is 0 Å². The average Bonchev–Trinajstić information content (AvgIpc) is 3.08. The lowest BCUT2D eigenvalue weighted by Gasteiger charge is -2.35. The number of ether oxygens (including phenoxy) is 1. The van der Waals surface area contributed by atoms with Crippen molar-refractivity contribution < 1.29 is 9.53 Å². The van der Waals surface area contributed by atoms with E-state index in [1.807, 2.05) is 33.2 Å². The fourth-order valence-corrected chi connectivity index (χ4v) is 3.02. The third-order valence-corrected chi connectivity index (χ3v) is 4.30. The lowest BCUT2D eigenvalue weighted by Crippen LogP contribution is -2.44. The van der Waals surface area contributed by atoms with E-state index in [1.54, 1.807) is 0 Å². The number of hydrogen-bond donors (Lipinski definition) is 2. The fourth-order valence-electron chi connectivity index (χ4n) is 3.02. The number of aromatic amines is 1. The lowest BCUT2D eigenvalue weighted by atomic mass is 10.1. The van der Waals surface area contributed by atoms with Crippen LogP contribution in [-0.4, -0.2) is 51.9 Å². The zero-order valence-corrected chi connectivity index (χ0v) is 13.8. The molecule has 1 atom stereocenters. The summed E-state index contributed by atoms with van der Waals surface area (Å²) in [6.07, 6.45) is 2.01. The molecule has 2 aromatic heterocycles. The molecule has 3 rings (SSSR count). The fraction of sp³-hybridized carbons (Fsp3) is 0.500. The predicted octanol–water partition coefficient (Wildman–Crippen LogP) is 1.38. The number of rotatable bonds is 4. The molecule has 0 aliphatic carbocycles. The molecule has 2 aromatic rings.